The fourth-order valence-electron chi connectivity index (χ4n) is 3.94. The van der Waals surface area contributed by atoms with Crippen LogP contribution in [0.5, 0.6) is 0 Å². The maximum absolute atomic E-state index is 12.2. The van der Waals surface area contributed by atoms with Crippen molar-refractivity contribution in [2.24, 2.45) is 5.41 Å². The smallest absolute Gasteiger partial charge is 0.266 e. The van der Waals surface area contributed by atoms with Crippen LogP contribution >= 0.6 is 0 Å². The number of anilines is 1. The monoisotopic (exact) mass is 336 g/mol. The number of carbonyl (C=O) groups is 1. The standard InChI is InChI=1S/C17H28N4O3/c1-3-14-18-16(19-24-14)21-9-4-7-17(13-21)8-6-15(22)20(12-17)10-5-11-23-2/h3-13H2,1-2H3/t17-/m0/s1. The molecule has 0 N–H and O–H groups in total. The fourth-order valence-corrected chi connectivity index (χ4v) is 3.94. The summed E-state index contributed by atoms with van der Waals surface area (Å²) in [6.45, 7) is 6.21. The number of hydrogen-bond donors (Lipinski definition) is 0. The highest BCUT2D eigenvalue weighted by Gasteiger charge is 2.42. The summed E-state index contributed by atoms with van der Waals surface area (Å²) in [7, 11) is 1.70. The molecule has 1 aromatic heterocycles. The van der Waals surface area contributed by atoms with Crippen molar-refractivity contribution in [3.63, 3.8) is 0 Å². The molecule has 0 bridgehead atoms. The van der Waals surface area contributed by atoms with Gasteiger partial charge in [0.1, 0.15) is 0 Å². The Labute approximate surface area is 143 Å². The number of carbonyl (C=O) groups excluding carboxylic acids is 1. The van der Waals surface area contributed by atoms with E-state index in [9.17, 15) is 4.79 Å². The van der Waals surface area contributed by atoms with Gasteiger partial charge in [0.2, 0.25) is 11.8 Å². The summed E-state index contributed by atoms with van der Waals surface area (Å²) in [5, 5.41) is 4.13. The number of rotatable bonds is 6. The first-order valence-electron chi connectivity index (χ1n) is 9.00. The van der Waals surface area contributed by atoms with E-state index in [4.69, 9.17) is 9.26 Å². The number of piperidine rings is 2. The van der Waals surface area contributed by atoms with Crippen LogP contribution < -0.4 is 4.90 Å². The van der Waals surface area contributed by atoms with Gasteiger partial charge < -0.3 is 19.1 Å². The Morgan fingerprint density at radius 2 is 2.21 bits per heavy atom. The summed E-state index contributed by atoms with van der Waals surface area (Å²) in [5.41, 5.74) is 0.159. The first kappa shape index (κ1) is 17.2. The van der Waals surface area contributed by atoms with Crippen molar-refractivity contribution in [2.75, 3.05) is 44.8 Å². The third kappa shape index (κ3) is 3.71. The second-order valence-corrected chi connectivity index (χ2v) is 7.03. The highest BCUT2D eigenvalue weighted by Crippen LogP contribution is 2.39. The number of nitrogens with zero attached hydrogens (tertiary/aromatic N) is 4. The van der Waals surface area contributed by atoms with E-state index >= 15 is 0 Å². The van der Waals surface area contributed by atoms with Crippen molar-refractivity contribution < 1.29 is 14.1 Å². The average Bonchev–Trinajstić information content (AvgIpc) is 3.08. The van der Waals surface area contributed by atoms with Gasteiger partial charge >= 0.3 is 0 Å². The fraction of sp³-hybridized carbons (Fsp3) is 0.824. The number of aryl methyl sites for hydroxylation is 1. The lowest BCUT2D eigenvalue weighted by Gasteiger charge is -2.48. The molecule has 7 nitrogen and oxygen atoms in total. The molecule has 7 heteroatoms. The normalized spacial score (nSPS) is 24.8. The third-order valence-electron chi connectivity index (χ3n) is 5.23. The van der Waals surface area contributed by atoms with E-state index in [1.165, 1.54) is 0 Å². The Kier molecular flexibility index (Phi) is 5.38. The zero-order chi connectivity index (χ0) is 17.0. The van der Waals surface area contributed by atoms with Gasteiger partial charge in [0.25, 0.3) is 5.95 Å². The molecule has 134 valence electrons. The number of amides is 1. The second-order valence-electron chi connectivity index (χ2n) is 7.03. The minimum atomic E-state index is 0.159. The van der Waals surface area contributed by atoms with Crippen LogP contribution in [0.25, 0.3) is 0 Å². The Morgan fingerprint density at radius 1 is 1.33 bits per heavy atom. The molecule has 0 radical (unpaired) electrons. The third-order valence-corrected chi connectivity index (χ3v) is 5.23. The lowest BCUT2D eigenvalue weighted by Crippen LogP contribution is -2.54. The Morgan fingerprint density at radius 3 is 2.96 bits per heavy atom. The number of methoxy groups -OCH3 is 1. The van der Waals surface area contributed by atoms with E-state index in [2.05, 4.69) is 15.0 Å². The molecule has 0 aliphatic carbocycles. The van der Waals surface area contributed by atoms with Crippen LogP contribution in [-0.2, 0) is 16.0 Å². The molecule has 2 aliphatic rings. The quantitative estimate of drug-likeness (QED) is 0.739. The second kappa shape index (κ2) is 7.51. The van der Waals surface area contributed by atoms with E-state index in [1.807, 2.05) is 11.8 Å². The largest absolute Gasteiger partial charge is 0.385 e. The summed E-state index contributed by atoms with van der Waals surface area (Å²) in [6, 6.07) is 0. The molecule has 3 rings (SSSR count). The molecule has 2 saturated heterocycles. The van der Waals surface area contributed by atoms with Crippen LogP contribution in [0.3, 0.4) is 0 Å². The van der Waals surface area contributed by atoms with Gasteiger partial charge in [0.05, 0.1) is 0 Å². The Hall–Kier alpha value is -1.63. The molecule has 2 aliphatic heterocycles. The lowest BCUT2D eigenvalue weighted by molar-refractivity contribution is -0.138. The predicted molar refractivity (Wildman–Crippen MR) is 89.9 cm³/mol. The van der Waals surface area contributed by atoms with Crippen LogP contribution in [0.15, 0.2) is 4.52 Å². The maximum atomic E-state index is 12.2. The molecule has 3 heterocycles. The summed E-state index contributed by atoms with van der Waals surface area (Å²) >= 11 is 0. The van der Waals surface area contributed by atoms with Crippen LogP contribution in [0, 0.1) is 5.41 Å². The number of hydrogen-bond acceptors (Lipinski definition) is 6. The first-order valence-corrected chi connectivity index (χ1v) is 9.00. The van der Waals surface area contributed by atoms with Gasteiger partial charge in [0.15, 0.2) is 0 Å². The first-order chi connectivity index (χ1) is 11.7. The molecule has 1 atom stereocenters. The summed E-state index contributed by atoms with van der Waals surface area (Å²) < 4.78 is 10.4. The van der Waals surface area contributed by atoms with Gasteiger partial charge in [-0.3, -0.25) is 4.79 Å². The number of likely N-dealkylation sites (tertiary alicyclic amines) is 1. The minimum Gasteiger partial charge on any atom is -0.385 e. The van der Waals surface area contributed by atoms with Gasteiger partial charge in [-0.25, -0.2) is 0 Å². The van der Waals surface area contributed by atoms with E-state index in [1.54, 1.807) is 7.11 Å². The highest BCUT2D eigenvalue weighted by molar-refractivity contribution is 5.77. The van der Waals surface area contributed by atoms with Crippen molar-refractivity contribution in [1.29, 1.82) is 0 Å². The Balaban J connectivity index is 1.66. The predicted octanol–water partition coefficient (Wildman–Crippen LogP) is 1.88. The van der Waals surface area contributed by atoms with Gasteiger partial charge in [0, 0.05) is 58.2 Å². The van der Waals surface area contributed by atoms with E-state index in [0.717, 1.165) is 58.3 Å². The van der Waals surface area contributed by atoms with Gasteiger partial charge in [-0.2, -0.15) is 4.98 Å². The molecule has 2 fully saturated rings. The summed E-state index contributed by atoms with van der Waals surface area (Å²) in [5.74, 6) is 1.67. The topological polar surface area (TPSA) is 71.7 Å². The van der Waals surface area contributed by atoms with Crippen molar-refractivity contribution in [3.8, 4) is 0 Å². The average molecular weight is 336 g/mol. The van der Waals surface area contributed by atoms with Crippen molar-refractivity contribution >= 4 is 11.9 Å². The molecule has 1 amide bonds. The minimum absolute atomic E-state index is 0.159. The highest BCUT2D eigenvalue weighted by atomic mass is 16.5. The molecular formula is C17H28N4O3. The van der Waals surface area contributed by atoms with Gasteiger partial charge in [-0.05, 0) is 30.8 Å². The molecule has 0 unspecified atom stereocenters. The molecule has 0 saturated carbocycles. The van der Waals surface area contributed by atoms with Gasteiger partial charge in [-0.15, -0.1) is 0 Å². The number of aromatic nitrogens is 2. The van der Waals surface area contributed by atoms with E-state index in [-0.39, 0.29) is 11.3 Å². The lowest BCUT2D eigenvalue weighted by atomic mass is 9.73. The maximum Gasteiger partial charge on any atom is 0.266 e. The SMILES string of the molecule is CCc1nc(N2CCC[C@@]3(CCC(=O)N(CCCOC)C3)C2)no1. The zero-order valence-corrected chi connectivity index (χ0v) is 14.8. The van der Waals surface area contributed by atoms with Gasteiger partial charge in [-0.1, -0.05) is 6.92 Å². The van der Waals surface area contributed by atoms with Crippen LogP contribution in [0.1, 0.15) is 44.9 Å². The molecule has 1 spiro atoms. The molecular weight excluding hydrogens is 308 g/mol. The summed E-state index contributed by atoms with van der Waals surface area (Å²) in [4.78, 5) is 21.0. The van der Waals surface area contributed by atoms with Crippen LogP contribution in [-0.4, -0.2) is 60.8 Å². The van der Waals surface area contributed by atoms with E-state index in [0.29, 0.717) is 24.9 Å². The summed E-state index contributed by atoms with van der Waals surface area (Å²) in [6.07, 6.45) is 5.53. The van der Waals surface area contributed by atoms with Crippen molar-refractivity contribution in [1.82, 2.24) is 15.0 Å². The van der Waals surface area contributed by atoms with Crippen molar-refractivity contribution in [2.45, 2.75) is 45.4 Å². The van der Waals surface area contributed by atoms with Crippen LogP contribution in [0.2, 0.25) is 0 Å². The zero-order valence-electron chi connectivity index (χ0n) is 14.8. The van der Waals surface area contributed by atoms with E-state index < -0.39 is 0 Å². The number of ether oxygens (including phenoxy) is 1. The molecule has 1 aromatic rings. The Bertz CT molecular complexity index is 562. The van der Waals surface area contributed by atoms with Crippen LogP contribution in [0.4, 0.5) is 5.95 Å². The molecule has 0 aromatic carbocycles. The van der Waals surface area contributed by atoms with Crippen molar-refractivity contribution in [3.05, 3.63) is 5.89 Å². The molecule has 24 heavy (non-hydrogen) atoms.